The van der Waals surface area contributed by atoms with Crippen molar-refractivity contribution in [2.45, 2.75) is 13.3 Å². The van der Waals surface area contributed by atoms with Gasteiger partial charge in [-0.25, -0.2) is 4.68 Å². The van der Waals surface area contributed by atoms with Crippen LogP contribution in [-0.4, -0.2) is 9.78 Å². The van der Waals surface area contributed by atoms with Gasteiger partial charge < -0.3 is 5.73 Å². The van der Waals surface area contributed by atoms with Gasteiger partial charge in [-0.15, -0.1) is 0 Å². The van der Waals surface area contributed by atoms with E-state index in [0.717, 1.165) is 17.8 Å². The van der Waals surface area contributed by atoms with Gasteiger partial charge in [0.05, 0.1) is 16.4 Å². The number of hydrogen-bond donors (Lipinski definition) is 1. The van der Waals surface area contributed by atoms with Gasteiger partial charge in [0.1, 0.15) is 0 Å². The highest BCUT2D eigenvalue weighted by molar-refractivity contribution is 6.32. The van der Waals surface area contributed by atoms with Crippen LogP contribution in [0.15, 0.2) is 30.5 Å². The molecule has 0 fully saturated rings. The molecule has 2 rings (SSSR count). The second-order valence-corrected chi connectivity index (χ2v) is 3.72. The lowest BCUT2D eigenvalue weighted by atomic mass is 10.3. The number of benzene rings is 1. The summed E-state index contributed by atoms with van der Waals surface area (Å²) in [4.78, 5) is 0. The smallest absolute Gasteiger partial charge is 0.0833 e. The van der Waals surface area contributed by atoms with Crippen LogP contribution >= 0.6 is 11.6 Å². The zero-order valence-electron chi connectivity index (χ0n) is 8.44. The highest BCUT2D eigenvalue weighted by Gasteiger charge is 2.04. The first-order chi connectivity index (χ1) is 7.20. The van der Waals surface area contributed by atoms with Crippen LogP contribution in [0.3, 0.4) is 0 Å². The number of hydrogen-bond acceptors (Lipinski definition) is 2. The highest BCUT2D eigenvalue weighted by atomic mass is 35.5. The van der Waals surface area contributed by atoms with Crippen molar-refractivity contribution in [1.82, 2.24) is 9.78 Å². The van der Waals surface area contributed by atoms with Crippen molar-refractivity contribution in [2.75, 3.05) is 5.73 Å². The third-order valence-corrected chi connectivity index (χ3v) is 2.53. The summed E-state index contributed by atoms with van der Waals surface area (Å²) in [5.74, 6) is 0. The van der Waals surface area contributed by atoms with Crippen molar-refractivity contribution in [3.05, 3.63) is 41.2 Å². The van der Waals surface area contributed by atoms with E-state index in [2.05, 4.69) is 12.0 Å². The van der Waals surface area contributed by atoms with Crippen LogP contribution in [0, 0.1) is 0 Å². The lowest BCUT2D eigenvalue weighted by molar-refractivity contribution is 0.842. The minimum Gasteiger partial charge on any atom is -0.399 e. The van der Waals surface area contributed by atoms with Crippen LogP contribution < -0.4 is 5.73 Å². The molecule has 0 saturated heterocycles. The number of aromatic nitrogens is 2. The molecule has 1 aromatic carbocycles. The fraction of sp³-hybridized carbons (Fsp3) is 0.182. The predicted molar refractivity (Wildman–Crippen MR) is 62.4 cm³/mol. The van der Waals surface area contributed by atoms with Crippen LogP contribution in [0.4, 0.5) is 5.69 Å². The largest absolute Gasteiger partial charge is 0.399 e. The molecule has 4 heteroatoms. The molecule has 1 aromatic heterocycles. The van der Waals surface area contributed by atoms with Crippen LogP contribution in [-0.2, 0) is 6.42 Å². The first-order valence-corrected chi connectivity index (χ1v) is 5.18. The molecule has 0 aliphatic heterocycles. The Bertz CT molecular complexity index is 476. The summed E-state index contributed by atoms with van der Waals surface area (Å²) in [7, 11) is 0. The summed E-state index contributed by atoms with van der Waals surface area (Å²) in [5, 5.41) is 4.99. The minimum absolute atomic E-state index is 0.612. The van der Waals surface area contributed by atoms with E-state index in [1.165, 1.54) is 0 Å². The molecular formula is C11H12ClN3. The number of aryl methyl sites for hydroxylation is 1. The topological polar surface area (TPSA) is 43.8 Å². The summed E-state index contributed by atoms with van der Waals surface area (Å²) in [6.45, 7) is 2.07. The van der Waals surface area contributed by atoms with Crippen molar-refractivity contribution in [1.29, 1.82) is 0 Å². The Hall–Kier alpha value is -1.48. The Morgan fingerprint density at radius 2 is 2.20 bits per heavy atom. The second-order valence-electron chi connectivity index (χ2n) is 3.32. The molecule has 0 radical (unpaired) electrons. The zero-order valence-corrected chi connectivity index (χ0v) is 9.20. The lowest BCUT2D eigenvalue weighted by Crippen LogP contribution is -1.97. The van der Waals surface area contributed by atoms with Crippen molar-refractivity contribution < 1.29 is 0 Å². The summed E-state index contributed by atoms with van der Waals surface area (Å²) in [5.41, 5.74) is 8.18. The van der Waals surface area contributed by atoms with Gasteiger partial charge in [0.2, 0.25) is 0 Å². The number of anilines is 1. The summed E-state index contributed by atoms with van der Waals surface area (Å²) >= 11 is 6.08. The maximum atomic E-state index is 6.08. The third-order valence-electron chi connectivity index (χ3n) is 2.23. The molecule has 1 heterocycles. The minimum atomic E-state index is 0.612. The van der Waals surface area contributed by atoms with Gasteiger partial charge in [-0.05, 0) is 30.7 Å². The molecule has 15 heavy (non-hydrogen) atoms. The van der Waals surface area contributed by atoms with E-state index in [1.807, 2.05) is 24.4 Å². The number of nitrogens with zero attached hydrogens (tertiary/aromatic N) is 2. The van der Waals surface area contributed by atoms with Gasteiger partial charge >= 0.3 is 0 Å². The fourth-order valence-corrected chi connectivity index (χ4v) is 1.67. The molecule has 0 unspecified atom stereocenters. The third kappa shape index (κ3) is 1.97. The Morgan fingerprint density at radius 3 is 2.80 bits per heavy atom. The quantitative estimate of drug-likeness (QED) is 0.793. The highest BCUT2D eigenvalue weighted by Crippen LogP contribution is 2.22. The standard InChI is InChI=1S/C11H12ClN3/c1-2-9-5-6-15(14-9)11-4-3-8(13)7-10(11)12/h3-7H,2,13H2,1H3. The molecular weight excluding hydrogens is 210 g/mol. The van der Waals surface area contributed by atoms with E-state index in [-0.39, 0.29) is 0 Å². The van der Waals surface area contributed by atoms with Crippen LogP contribution in [0.5, 0.6) is 0 Å². The van der Waals surface area contributed by atoms with E-state index in [4.69, 9.17) is 17.3 Å². The molecule has 0 spiro atoms. The predicted octanol–water partition coefficient (Wildman–Crippen LogP) is 2.67. The van der Waals surface area contributed by atoms with Crippen LogP contribution in [0.1, 0.15) is 12.6 Å². The average molecular weight is 222 g/mol. The Labute approximate surface area is 93.5 Å². The maximum Gasteiger partial charge on any atom is 0.0833 e. The average Bonchev–Trinajstić information content (AvgIpc) is 2.66. The van der Waals surface area contributed by atoms with Crippen molar-refractivity contribution >= 4 is 17.3 Å². The number of nitrogens with two attached hydrogens (primary N) is 1. The first-order valence-electron chi connectivity index (χ1n) is 4.80. The van der Waals surface area contributed by atoms with Gasteiger partial charge in [0.15, 0.2) is 0 Å². The Balaban J connectivity index is 2.44. The number of nitrogen functional groups attached to an aromatic ring is 1. The molecule has 0 aliphatic carbocycles. The lowest BCUT2D eigenvalue weighted by Gasteiger charge is -2.04. The van der Waals surface area contributed by atoms with Gasteiger partial charge in [0.25, 0.3) is 0 Å². The van der Waals surface area contributed by atoms with E-state index >= 15 is 0 Å². The normalized spacial score (nSPS) is 10.5. The summed E-state index contributed by atoms with van der Waals surface area (Å²) in [6.07, 6.45) is 2.82. The van der Waals surface area contributed by atoms with Crippen molar-refractivity contribution in [3.8, 4) is 5.69 Å². The molecule has 0 bridgehead atoms. The molecule has 0 atom stereocenters. The molecule has 0 amide bonds. The van der Waals surface area contributed by atoms with E-state index in [1.54, 1.807) is 10.7 Å². The SMILES string of the molecule is CCc1ccn(-c2ccc(N)cc2Cl)n1. The Kier molecular flexibility index (Phi) is 2.64. The molecule has 78 valence electrons. The van der Waals surface area contributed by atoms with E-state index in [0.29, 0.717) is 10.7 Å². The number of halogens is 1. The fourth-order valence-electron chi connectivity index (χ4n) is 1.39. The molecule has 2 aromatic rings. The molecule has 3 nitrogen and oxygen atoms in total. The maximum absolute atomic E-state index is 6.08. The van der Waals surface area contributed by atoms with Crippen LogP contribution in [0.2, 0.25) is 5.02 Å². The molecule has 0 saturated carbocycles. The Morgan fingerprint density at radius 1 is 1.40 bits per heavy atom. The van der Waals surface area contributed by atoms with Gasteiger partial charge in [0, 0.05) is 11.9 Å². The van der Waals surface area contributed by atoms with Gasteiger partial charge in [-0.3, -0.25) is 0 Å². The van der Waals surface area contributed by atoms with Crippen molar-refractivity contribution in [3.63, 3.8) is 0 Å². The second kappa shape index (κ2) is 3.95. The first kappa shape index (κ1) is 10.1. The summed E-state index contributed by atoms with van der Waals surface area (Å²) < 4.78 is 1.76. The summed E-state index contributed by atoms with van der Waals surface area (Å²) in [6, 6.07) is 7.38. The van der Waals surface area contributed by atoms with Crippen LogP contribution in [0.25, 0.3) is 5.69 Å². The van der Waals surface area contributed by atoms with E-state index < -0.39 is 0 Å². The molecule has 0 aliphatic rings. The van der Waals surface area contributed by atoms with Crippen molar-refractivity contribution in [2.24, 2.45) is 0 Å². The van der Waals surface area contributed by atoms with Gasteiger partial charge in [-0.2, -0.15) is 5.10 Å². The van der Waals surface area contributed by atoms with E-state index in [9.17, 15) is 0 Å². The number of rotatable bonds is 2. The monoisotopic (exact) mass is 221 g/mol. The molecule has 2 N–H and O–H groups in total. The zero-order chi connectivity index (χ0) is 10.8. The van der Waals surface area contributed by atoms with Gasteiger partial charge in [-0.1, -0.05) is 18.5 Å².